The molecule has 118 valence electrons. The predicted octanol–water partition coefficient (Wildman–Crippen LogP) is 3.13. The van der Waals surface area contributed by atoms with Crippen LogP contribution in [0.2, 0.25) is 5.02 Å². The highest BCUT2D eigenvalue weighted by Crippen LogP contribution is 2.25. The summed E-state index contributed by atoms with van der Waals surface area (Å²) in [6.07, 6.45) is 1.97. The van der Waals surface area contributed by atoms with E-state index >= 15 is 0 Å². The summed E-state index contributed by atoms with van der Waals surface area (Å²) in [4.78, 5) is 0.195. The van der Waals surface area contributed by atoms with Crippen LogP contribution in [0.4, 0.5) is 0 Å². The number of ether oxygens (including phenoxy) is 1. The van der Waals surface area contributed by atoms with Crippen LogP contribution in [-0.2, 0) is 20.6 Å². The van der Waals surface area contributed by atoms with Crippen LogP contribution in [0.1, 0.15) is 18.4 Å². The topological polar surface area (TPSA) is 46.6 Å². The Kier molecular flexibility index (Phi) is 5.91. The van der Waals surface area contributed by atoms with Crippen LogP contribution in [0.15, 0.2) is 23.1 Å². The number of sulfonamides is 1. The van der Waals surface area contributed by atoms with Crippen molar-refractivity contribution in [1.82, 2.24) is 4.31 Å². The molecular formula is C14H19Cl2NO3S. The van der Waals surface area contributed by atoms with Crippen molar-refractivity contribution in [2.75, 3.05) is 26.8 Å². The molecule has 1 heterocycles. The van der Waals surface area contributed by atoms with Crippen LogP contribution in [0.3, 0.4) is 0 Å². The average molecular weight is 352 g/mol. The molecule has 0 spiro atoms. The van der Waals surface area contributed by atoms with E-state index in [1.807, 2.05) is 0 Å². The highest BCUT2D eigenvalue weighted by molar-refractivity contribution is 7.89. The molecule has 1 saturated heterocycles. The summed E-state index contributed by atoms with van der Waals surface area (Å²) >= 11 is 11.8. The molecular weight excluding hydrogens is 333 g/mol. The Morgan fingerprint density at radius 3 is 2.76 bits per heavy atom. The molecule has 1 aromatic carbocycles. The van der Waals surface area contributed by atoms with Crippen LogP contribution in [0, 0.1) is 5.92 Å². The SMILES string of the molecule is CN(CC1CCCOC1)S(=O)(=O)c1ccc(CCl)c(Cl)c1. The van der Waals surface area contributed by atoms with Crippen molar-refractivity contribution < 1.29 is 13.2 Å². The highest BCUT2D eigenvalue weighted by atomic mass is 35.5. The zero-order chi connectivity index (χ0) is 15.5. The van der Waals surface area contributed by atoms with E-state index < -0.39 is 10.0 Å². The summed E-state index contributed by atoms with van der Waals surface area (Å²) in [7, 11) is -1.95. The van der Waals surface area contributed by atoms with Gasteiger partial charge in [0, 0.05) is 31.1 Å². The van der Waals surface area contributed by atoms with Gasteiger partial charge in [-0.1, -0.05) is 17.7 Å². The fourth-order valence-electron chi connectivity index (χ4n) is 2.39. The van der Waals surface area contributed by atoms with Crippen molar-refractivity contribution in [2.45, 2.75) is 23.6 Å². The van der Waals surface area contributed by atoms with E-state index in [1.165, 1.54) is 10.4 Å². The molecule has 1 fully saturated rings. The summed E-state index contributed by atoms with van der Waals surface area (Å²) in [5.41, 5.74) is 0.723. The van der Waals surface area contributed by atoms with Crippen LogP contribution >= 0.6 is 23.2 Å². The third-order valence-corrected chi connectivity index (χ3v) is 6.11. The summed E-state index contributed by atoms with van der Waals surface area (Å²) < 4.78 is 31.9. The van der Waals surface area contributed by atoms with Crippen LogP contribution < -0.4 is 0 Å². The van der Waals surface area contributed by atoms with Gasteiger partial charge in [-0.2, -0.15) is 0 Å². The van der Waals surface area contributed by atoms with Crippen molar-refractivity contribution in [3.63, 3.8) is 0 Å². The first-order valence-electron chi connectivity index (χ1n) is 6.83. The second kappa shape index (κ2) is 7.29. The Hall–Kier alpha value is -0.330. The quantitative estimate of drug-likeness (QED) is 0.765. The molecule has 1 unspecified atom stereocenters. The zero-order valence-corrected chi connectivity index (χ0v) is 14.2. The lowest BCUT2D eigenvalue weighted by molar-refractivity contribution is 0.0495. The Bertz CT molecular complexity index is 586. The fourth-order valence-corrected chi connectivity index (χ4v) is 4.28. The van der Waals surface area contributed by atoms with Crippen LogP contribution in [-0.4, -0.2) is 39.5 Å². The molecule has 0 aromatic heterocycles. The van der Waals surface area contributed by atoms with Crippen LogP contribution in [0.5, 0.6) is 0 Å². The molecule has 1 aliphatic rings. The minimum Gasteiger partial charge on any atom is -0.381 e. The average Bonchev–Trinajstić information content (AvgIpc) is 2.48. The molecule has 0 saturated carbocycles. The van der Waals surface area contributed by atoms with Crippen molar-refractivity contribution >= 4 is 33.2 Å². The minimum absolute atomic E-state index is 0.195. The smallest absolute Gasteiger partial charge is 0.242 e. The number of halogens is 2. The van der Waals surface area contributed by atoms with Gasteiger partial charge in [0.2, 0.25) is 10.0 Å². The van der Waals surface area contributed by atoms with E-state index in [-0.39, 0.29) is 16.7 Å². The summed E-state index contributed by atoms with van der Waals surface area (Å²) in [5, 5.41) is 0.375. The first-order chi connectivity index (χ1) is 9.95. The molecule has 0 radical (unpaired) electrons. The lowest BCUT2D eigenvalue weighted by Gasteiger charge is -2.26. The van der Waals surface area contributed by atoms with Gasteiger partial charge >= 0.3 is 0 Å². The van der Waals surface area contributed by atoms with E-state index in [9.17, 15) is 8.42 Å². The van der Waals surface area contributed by atoms with Gasteiger partial charge in [-0.3, -0.25) is 0 Å². The van der Waals surface area contributed by atoms with Crippen molar-refractivity contribution in [3.05, 3.63) is 28.8 Å². The molecule has 7 heteroatoms. The fraction of sp³-hybridized carbons (Fsp3) is 0.571. The molecule has 1 aliphatic heterocycles. The molecule has 0 aliphatic carbocycles. The lowest BCUT2D eigenvalue weighted by atomic mass is 10.0. The van der Waals surface area contributed by atoms with Gasteiger partial charge in [0.1, 0.15) is 0 Å². The molecule has 0 amide bonds. The Morgan fingerprint density at radius 2 is 2.19 bits per heavy atom. The van der Waals surface area contributed by atoms with Gasteiger partial charge in [-0.15, -0.1) is 11.6 Å². The van der Waals surface area contributed by atoms with Gasteiger partial charge in [0.15, 0.2) is 0 Å². The Labute approximate surface area is 136 Å². The van der Waals surface area contributed by atoms with Crippen molar-refractivity contribution in [2.24, 2.45) is 5.92 Å². The maximum atomic E-state index is 12.6. The van der Waals surface area contributed by atoms with E-state index in [0.29, 0.717) is 18.2 Å². The van der Waals surface area contributed by atoms with E-state index in [4.69, 9.17) is 27.9 Å². The normalized spacial score (nSPS) is 19.9. The third kappa shape index (κ3) is 4.11. The monoisotopic (exact) mass is 351 g/mol. The zero-order valence-electron chi connectivity index (χ0n) is 11.9. The van der Waals surface area contributed by atoms with E-state index in [2.05, 4.69) is 0 Å². The van der Waals surface area contributed by atoms with Crippen LogP contribution in [0.25, 0.3) is 0 Å². The summed E-state index contributed by atoms with van der Waals surface area (Å²) in [6.45, 7) is 1.84. The predicted molar refractivity (Wildman–Crippen MR) is 84.4 cm³/mol. The van der Waals surface area contributed by atoms with Crippen molar-refractivity contribution in [3.8, 4) is 0 Å². The molecule has 21 heavy (non-hydrogen) atoms. The van der Waals surface area contributed by atoms with Gasteiger partial charge in [-0.25, -0.2) is 12.7 Å². The number of nitrogens with zero attached hydrogens (tertiary/aromatic N) is 1. The molecule has 0 bridgehead atoms. The maximum Gasteiger partial charge on any atom is 0.242 e. The van der Waals surface area contributed by atoms with Gasteiger partial charge < -0.3 is 4.74 Å². The van der Waals surface area contributed by atoms with E-state index in [0.717, 1.165) is 25.0 Å². The standard InChI is InChI=1S/C14H19Cl2NO3S/c1-17(9-11-3-2-6-20-10-11)21(18,19)13-5-4-12(8-15)14(16)7-13/h4-5,7,11H,2-3,6,8-10H2,1H3. The number of hydrogen-bond acceptors (Lipinski definition) is 3. The number of hydrogen-bond donors (Lipinski definition) is 0. The summed E-state index contributed by atoms with van der Waals surface area (Å²) in [5.74, 6) is 0.505. The summed E-state index contributed by atoms with van der Waals surface area (Å²) in [6, 6.07) is 4.66. The largest absolute Gasteiger partial charge is 0.381 e. The molecule has 2 rings (SSSR count). The Morgan fingerprint density at radius 1 is 1.43 bits per heavy atom. The van der Waals surface area contributed by atoms with E-state index in [1.54, 1.807) is 19.2 Å². The molecule has 1 aromatic rings. The van der Waals surface area contributed by atoms with Gasteiger partial charge in [0.05, 0.1) is 11.5 Å². The molecule has 0 N–H and O–H groups in total. The highest BCUT2D eigenvalue weighted by Gasteiger charge is 2.25. The molecule has 1 atom stereocenters. The second-order valence-electron chi connectivity index (χ2n) is 5.26. The second-order valence-corrected chi connectivity index (χ2v) is 7.97. The maximum absolute atomic E-state index is 12.6. The van der Waals surface area contributed by atoms with Gasteiger partial charge in [-0.05, 0) is 36.5 Å². The first-order valence-corrected chi connectivity index (χ1v) is 9.19. The van der Waals surface area contributed by atoms with Crippen molar-refractivity contribution in [1.29, 1.82) is 0 Å². The van der Waals surface area contributed by atoms with Gasteiger partial charge in [0.25, 0.3) is 0 Å². The molecule has 4 nitrogen and oxygen atoms in total. The lowest BCUT2D eigenvalue weighted by Crippen LogP contribution is -2.35. The number of benzene rings is 1. The third-order valence-electron chi connectivity index (χ3n) is 3.65. The first kappa shape index (κ1) is 17.0. The minimum atomic E-state index is -3.54. The number of rotatable bonds is 5. The Balaban J connectivity index is 2.14. The number of alkyl halides is 1.